The fraction of sp³-hybridized carbons (Fsp3) is 0.190. The van der Waals surface area contributed by atoms with E-state index in [0.29, 0.717) is 42.0 Å². The third-order valence-corrected chi connectivity index (χ3v) is 4.19. The lowest BCUT2D eigenvalue weighted by Gasteiger charge is -2.19. The van der Waals surface area contributed by atoms with E-state index in [1.54, 1.807) is 31.2 Å². The molecule has 0 saturated heterocycles. The number of benzene rings is 2. The number of ether oxygens (including phenoxy) is 2. The highest BCUT2D eigenvalue weighted by Crippen LogP contribution is 2.32. The second-order valence-corrected chi connectivity index (χ2v) is 6.49. The molecule has 2 heterocycles. The number of rotatable bonds is 4. The molecule has 1 aliphatic rings. The topological polar surface area (TPSA) is 85.4 Å². The molecule has 1 aliphatic heterocycles. The number of aromatic nitrogens is 2. The number of aryl methyl sites for hydroxylation is 2. The van der Waals surface area contributed by atoms with Crippen molar-refractivity contribution in [2.24, 2.45) is 0 Å². The number of carbonyl (C=O) groups excluding carboxylic acids is 1. The van der Waals surface area contributed by atoms with E-state index in [2.05, 4.69) is 20.6 Å². The van der Waals surface area contributed by atoms with Crippen LogP contribution >= 0.6 is 0 Å². The van der Waals surface area contributed by atoms with Crippen molar-refractivity contribution in [1.82, 2.24) is 9.97 Å². The third-order valence-electron chi connectivity index (χ3n) is 4.19. The number of fused-ring (bicyclic) bond motifs is 1. The summed E-state index contributed by atoms with van der Waals surface area (Å²) in [5.41, 5.74) is 2.95. The molecule has 0 unspecified atom stereocenters. The fourth-order valence-corrected chi connectivity index (χ4v) is 2.85. The molecule has 7 nitrogen and oxygen atoms in total. The van der Waals surface area contributed by atoms with Gasteiger partial charge in [0.05, 0.1) is 0 Å². The van der Waals surface area contributed by atoms with Crippen LogP contribution in [0.1, 0.15) is 21.9 Å². The van der Waals surface area contributed by atoms with Gasteiger partial charge in [-0.1, -0.05) is 17.7 Å². The standard InChI is InChI=1S/C21H20N4O3/c1-13-3-5-15(6-4-13)24-20-12-17(22-14(2)23-20)21(26)25-16-7-8-18-19(11-16)28-10-9-27-18/h3-8,11-12H,9-10H2,1-2H3,(H,25,26)(H,22,23,24). The summed E-state index contributed by atoms with van der Waals surface area (Å²) in [6, 6.07) is 14.8. The summed E-state index contributed by atoms with van der Waals surface area (Å²) in [7, 11) is 0. The van der Waals surface area contributed by atoms with Gasteiger partial charge in [0.2, 0.25) is 0 Å². The number of nitrogens with one attached hydrogen (secondary N) is 2. The van der Waals surface area contributed by atoms with E-state index in [0.717, 1.165) is 5.69 Å². The molecule has 0 atom stereocenters. The van der Waals surface area contributed by atoms with Gasteiger partial charge in [-0.15, -0.1) is 0 Å². The first-order valence-electron chi connectivity index (χ1n) is 8.97. The van der Waals surface area contributed by atoms with Crippen LogP contribution < -0.4 is 20.1 Å². The summed E-state index contributed by atoms with van der Waals surface area (Å²) in [6.07, 6.45) is 0. The van der Waals surface area contributed by atoms with Crippen LogP contribution in [0.3, 0.4) is 0 Å². The van der Waals surface area contributed by atoms with Gasteiger partial charge in [0, 0.05) is 23.5 Å². The van der Waals surface area contributed by atoms with Crippen molar-refractivity contribution in [2.75, 3.05) is 23.8 Å². The van der Waals surface area contributed by atoms with Crippen molar-refractivity contribution >= 4 is 23.1 Å². The lowest BCUT2D eigenvalue weighted by atomic mass is 10.2. The molecule has 28 heavy (non-hydrogen) atoms. The summed E-state index contributed by atoms with van der Waals surface area (Å²) < 4.78 is 11.0. The predicted molar refractivity (Wildman–Crippen MR) is 107 cm³/mol. The van der Waals surface area contributed by atoms with Crippen molar-refractivity contribution in [3.63, 3.8) is 0 Å². The Morgan fingerprint density at radius 2 is 1.61 bits per heavy atom. The van der Waals surface area contributed by atoms with Gasteiger partial charge in [0.1, 0.15) is 30.5 Å². The zero-order chi connectivity index (χ0) is 19.5. The summed E-state index contributed by atoms with van der Waals surface area (Å²) >= 11 is 0. The first-order valence-corrected chi connectivity index (χ1v) is 8.97. The highest BCUT2D eigenvalue weighted by atomic mass is 16.6. The van der Waals surface area contributed by atoms with Crippen LogP contribution in [-0.4, -0.2) is 29.1 Å². The van der Waals surface area contributed by atoms with Crippen molar-refractivity contribution in [3.05, 3.63) is 65.6 Å². The maximum absolute atomic E-state index is 12.7. The van der Waals surface area contributed by atoms with Crippen molar-refractivity contribution in [2.45, 2.75) is 13.8 Å². The van der Waals surface area contributed by atoms with Crippen LogP contribution in [0.2, 0.25) is 0 Å². The average Bonchev–Trinajstić information content (AvgIpc) is 2.69. The lowest BCUT2D eigenvalue weighted by Crippen LogP contribution is -2.17. The second kappa shape index (κ2) is 7.56. The quantitative estimate of drug-likeness (QED) is 0.719. The lowest BCUT2D eigenvalue weighted by molar-refractivity contribution is 0.102. The van der Waals surface area contributed by atoms with Gasteiger partial charge >= 0.3 is 0 Å². The SMILES string of the molecule is Cc1ccc(Nc2cc(C(=O)Nc3ccc4c(c3)OCCO4)nc(C)n2)cc1. The molecule has 0 bridgehead atoms. The molecule has 3 aromatic rings. The average molecular weight is 376 g/mol. The summed E-state index contributed by atoms with van der Waals surface area (Å²) in [5, 5.41) is 6.05. The normalized spacial score (nSPS) is 12.4. The smallest absolute Gasteiger partial charge is 0.274 e. The van der Waals surface area contributed by atoms with E-state index in [4.69, 9.17) is 9.47 Å². The zero-order valence-corrected chi connectivity index (χ0v) is 15.7. The van der Waals surface area contributed by atoms with Gasteiger partial charge in [-0.2, -0.15) is 0 Å². The highest BCUT2D eigenvalue weighted by Gasteiger charge is 2.15. The van der Waals surface area contributed by atoms with Gasteiger partial charge in [-0.25, -0.2) is 9.97 Å². The molecule has 4 rings (SSSR count). The largest absolute Gasteiger partial charge is 0.486 e. The van der Waals surface area contributed by atoms with Crippen LogP contribution in [0.25, 0.3) is 0 Å². The maximum atomic E-state index is 12.7. The molecule has 142 valence electrons. The molecule has 2 aromatic carbocycles. The molecule has 2 N–H and O–H groups in total. The second-order valence-electron chi connectivity index (χ2n) is 6.49. The Morgan fingerprint density at radius 1 is 0.893 bits per heavy atom. The Labute approximate surface area is 162 Å². The van der Waals surface area contributed by atoms with Gasteiger partial charge < -0.3 is 20.1 Å². The Kier molecular flexibility index (Phi) is 4.80. The van der Waals surface area contributed by atoms with Crippen molar-refractivity contribution in [1.29, 1.82) is 0 Å². The van der Waals surface area contributed by atoms with Gasteiger partial charge in [0.25, 0.3) is 5.91 Å². The van der Waals surface area contributed by atoms with Crippen molar-refractivity contribution < 1.29 is 14.3 Å². The molecular weight excluding hydrogens is 356 g/mol. The number of carbonyl (C=O) groups is 1. The first kappa shape index (κ1) is 17.8. The number of nitrogens with zero attached hydrogens (tertiary/aromatic N) is 2. The predicted octanol–water partition coefficient (Wildman–Crippen LogP) is 3.86. The minimum absolute atomic E-state index is 0.275. The summed E-state index contributed by atoms with van der Waals surface area (Å²) in [5.74, 6) is 2.03. The molecule has 0 spiro atoms. The fourth-order valence-electron chi connectivity index (χ4n) is 2.85. The van der Waals surface area contributed by atoms with E-state index < -0.39 is 0 Å². The molecule has 7 heteroatoms. The van der Waals surface area contributed by atoms with Crippen LogP contribution in [0, 0.1) is 13.8 Å². The van der Waals surface area contributed by atoms with Crippen LogP contribution in [-0.2, 0) is 0 Å². The Balaban J connectivity index is 1.52. The van der Waals surface area contributed by atoms with E-state index in [1.165, 1.54) is 5.56 Å². The van der Waals surface area contributed by atoms with Gasteiger partial charge in [0.15, 0.2) is 11.5 Å². The Bertz CT molecular complexity index is 1020. The molecule has 1 aromatic heterocycles. The number of hydrogen-bond donors (Lipinski definition) is 2. The zero-order valence-electron chi connectivity index (χ0n) is 15.7. The molecule has 0 saturated carbocycles. The highest BCUT2D eigenvalue weighted by molar-refractivity contribution is 6.03. The molecule has 1 amide bonds. The van der Waals surface area contributed by atoms with Gasteiger partial charge in [-0.05, 0) is 38.1 Å². The third kappa shape index (κ3) is 4.03. The molecule has 0 radical (unpaired) electrons. The van der Waals surface area contributed by atoms with Crippen molar-refractivity contribution in [3.8, 4) is 11.5 Å². The van der Waals surface area contributed by atoms with E-state index in [9.17, 15) is 4.79 Å². The Hall–Kier alpha value is -3.61. The number of amides is 1. The van der Waals surface area contributed by atoms with Crippen LogP contribution in [0.5, 0.6) is 11.5 Å². The monoisotopic (exact) mass is 376 g/mol. The Morgan fingerprint density at radius 3 is 2.39 bits per heavy atom. The minimum atomic E-state index is -0.325. The van der Waals surface area contributed by atoms with Crippen LogP contribution in [0.15, 0.2) is 48.5 Å². The number of hydrogen-bond acceptors (Lipinski definition) is 6. The van der Waals surface area contributed by atoms with E-state index in [1.807, 2.05) is 31.2 Å². The maximum Gasteiger partial charge on any atom is 0.274 e. The molecule has 0 aliphatic carbocycles. The van der Waals surface area contributed by atoms with Crippen LogP contribution in [0.4, 0.5) is 17.2 Å². The summed E-state index contributed by atoms with van der Waals surface area (Å²) in [6.45, 7) is 4.79. The van der Waals surface area contributed by atoms with E-state index >= 15 is 0 Å². The number of anilines is 3. The van der Waals surface area contributed by atoms with E-state index in [-0.39, 0.29) is 11.6 Å². The first-order chi connectivity index (χ1) is 13.6. The minimum Gasteiger partial charge on any atom is -0.486 e. The summed E-state index contributed by atoms with van der Waals surface area (Å²) in [4.78, 5) is 21.3. The van der Waals surface area contributed by atoms with Gasteiger partial charge in [-0.3, -0.25) is 4.79 Å². The molecular formula is C21H20N4O3. The molecule has 0 fully saturated rings.